The molecule has 3 rings (SSSR count). The van der Waals surface area contributed by atoms with E-state index >= 15 is 0 Å². The lowest BCUT2D eigenvalue weighted by atomic mass is 10.1. The lowest BCUT2D eigenvalue weighted by Crippen LogP contribution is -2.51. The molecule has 0 saturated heterocycles. The minimum atomic E-state index is -4.30. The maximum absolute atomic E-state index is 13.9. The van der Waals surface area contributed by atoms with Gasteiger partial charge in [0.05, 0.1) is 10.6 Å². The van der Waals surface area contributed by atoms with Crippen molar-refractivity contribution in [2.75, 3.05) is 17.4 Å². The summed E-state index contributed by atoms with van der Waals surface area (Å²) in [6.45, 7) is 6.92. The van der Waals surface area contributed by atoms with Crippen molar-refractivity contribution in [2.24, 2.45) is 5.92 Å². The molecule has 0 aliphatic heterocycles. The van der Waals surface area contributed by atoms with Gasteiger partial charge in [0.25, 0.3) is 10.0 Å². The SMILES string of the molecule is Cc1ccc(N(CC(=O)N(Cc2c(Cl)cccc2Cl)[C@H](C)C(=O)NCC(C)C)S(=O)(=O)c2ccc(F)cc2)cc1. The zero-order valence-electron chi connectivity index (χ0n) is 22.7. The third kappa shape index (κ3) is 7.74. The van der Waals surface area contributed by atoms with Crippen LogP contribution in [0.15, 0.2) is 71.6 Å². The third-order valence-corrected chi connectivity index (χ3v) is 8.74. The van der Waals surface area contributed by atoms with E-state index in [0.29, 0.717) is 22.2 Å². The highest BCUT2D eigenvalue weighted by atomic mass is 35.5. The first kappa shape index (κ1) is 31.4. The van der Waals surface area contributed by atoms with Crippen molar-refractivity contribution in [2.45, 2.75) is 45.2 Å². The number of halogens is 3. The summed E-state index contributed by atoms with van der Waals surface area (Å²) < 4.78 is 42.0. The second kappa shape index (κ2) is 13.5. The number of carbonyl (C=O) groups is 2. The molecule has 3 aromatic carbocycles. The highest BCUT2D eigenvalue weighted by Crippen LogP contribution is 2.28. The van der Waals surface area contributed by atoms with Gasteiger partial charge in [-0.3, -0.25) is 13.9 Å². The van der Waals surface area contributed by atoms with E-state index in [1.54, 1.807) is 49.4 Å². The normalized spacial score (nSPS) is 12.2. The fourth-order valence-corrected chi connectivity index (χ4v) is 5.79. The predicted octanol–water partition coefficient (Wildman–Crippen LogP) is 5.83. The van der Waals surface area contributed by atoms with Gasteiger partial charge in [0.2, 0.25) is 11.8 Å². The molecule has 3 aromatic rings. The van der Waals surface area contributed by atoms with Gasteiger partial charge >= 0.3 is 0 Å². The van der Waals surface area contributed by atoms with Crippen molar-refractivity contribution >= 4 is 50.7 Å². The minimum Gasteiger partial charge on any atom is -0.354 e. The van der Waals surface area contributed by atoms with Gasteiger partial charge in [-0.15, -0.1) is 0 Å². The number of nitrogens with one attached hydrogen (secondary N) is 1. The molecular weight excluding hydrogens is 576 g/mol. The van der Waals surface area contributed by atoms with E-state index in [1.807, 2.05) is 20.8 Å². The Bertz CT molecular complexity index is 1430. The van der Waals surface area contributed by atoms with Crippen LogP contribution in [0.3, 0.4) is 0 Å². The number of amides is 2. The summed E-state index contributed by atoms with van der Waals surface area (Å²) in [5.74, 6) is -1.49. The van der Waals surface area contributed by atoms with E-state index < -0.39 is 40.2 Å². The van der Waals surface area contributed by atoms with Crippen molar-refractivity contribution < 1.29 is 22.4 Å². The lowest BCUT2D eigenvalue weighted by Gasteiger charge is -2.32. The van der Waals surface area contributed by atoms with Crippen LogP contribution in [-0.4, -0.2) is 44.3 Å². The highest BCUT2D eigenvalue weighted by Gasteiger charge is 2.33. The van der Waals surface area contributed by atoms with Gasteiger partial charge in [-0.05, 0) is 68.3 Å². The summed E-state index contributed by atoms with van der Waals surface area (Å²) in [5.41, 5.74) is 1.54. The van der Waals surface area contributed by atoms with Gasteiger partial charge in [-0.25, -0.2) is 12.8 Å². The number of benzene rings is 3. The molecule has 0 fully saturated rings. The van der Waals surface area contributed by atoms with Crippen LogP contribution in [0.25, 0.3) is 0 Å². The van der Waals surface area contributed by atoms with Crippen LogP contribution < -0.4 is 9.62 Å². The molecule has 0 saturated carbocycles. The summed E-state index contributed by atoms with van der Waals surface area (Å²) in [5, 5.41) is 3.42. The number of carbonyl (C=O) groups excluding carboxylic acids is 2. The van der Waals surface area contributed by atoms with E-state index in [2.05, 4.69) is 5.32 Å². The number of sulfonamides is 1. The Balaban J connectivity index is 2.04. The van der Waals surface area contributed by atoms with E-state index in [0.717, 1.165) is 34.1 Å². The van der Waals surface area contributed by atoms with Gasteiger partial charge < -0.3 is 10.2 Å². The largest absolute Gasteiger partial charge is 0.354 e. The Hall–Kier alpha value is -3.14. The summed E-state index contributed by atoms with van der Waals surface area (Å²) in [6.07, 6.45) is 0. The first-order chi connectivity index (χ1) is 18.8. The minimum absolute atomic E-state index is 0.133. The molecule has 2 amide bonds. The molecule has 1 atom stereocenters. The van der Waals surface area contributed by atoms with E-state index in [-0.39, 0.29) is 23.0 Å². The second-order valence-corrected chi connectivity index (χ2v) is 12.5. The summed E-state index contributed by atoms with van der Waals surface area (Å²) in [6, 6.07) is 14.9. The molecule has 214 valence electrons. The smallest absolute Gasteiger partial charge is 0.264 e. The van der Waals surface area contributed by atoms with Gasteiger partial charge in [0, 0.05) is 28.7 Å². The molecule has 0 aliphatic carbocycles. The molecule has 11 heteroatoms. The van der Waals surface area contributed by atoms with Crippen LogP contribution >= 0.6 is 23.2 Å². The van der Waals surface area contributed by atoms with Crippen molar-refractivity contribution in [3.63, 3.8) is 0 Å². The van der Waals surface area contributed by atoms with Crippen LogP contribution in [0.5, 0.6) is 0 Å². The maximum Gasteiger partial charge on any atom is 0.264 e. The van der Waals surface area contributed by atoms with Gasteiger partial charge in [0.1, 0.15) is 18.4 Å². The Morgan fingerprint density at radius 2 is 1.50 bits per heavy atom. The third-order valence-electron chi connectivity index (χ3n) is 6.24. The number of anilines is 1. The quantitative estimate of drug-likeness (QED) is 0.297. The Kier molecular flexibility index (Phi) is 10.6. The summed E-state index contributed by atoms with van der Waals surface area (Å²) >= 11 is 12.8. The molecule has 0 unspecified atom stereocenters. The molecule has 0 bridgehead atoms. The average molecular weight is 609 g/mol. The van der Waals surface area contributed by atoms with Crippen molar-refractivity contribution in [1.82, 2.24) is 10.2 Å². The molecular formula is C29H32Cl2FN3O4S. The van der Waals surface area contributed by atoms with E-state index in [9.17, 15) is 22.4 Å². The van der Waals surface area contributed by atoms with Crippen molar-refractivity contribution in [3.8, 4) is 0 Å². The molecule has 0 aromatic heterocycles. The highest BCUT2D eigenvalue weighted by molar-refractivity contribution is 7.92. The first-order valence-electron chi connectivity index (χ1n) is 12.7. The van der Waals surface area contributed by atoms with Crippen LogP contribution in [-0.2, 0) is 26.2 Å². The number of rotatable bonds is 11. The summed E-state index contributed by atoms with van der Waals surface area (Å²) in [7, 11) is -4.30. The topological polar surface area (TPSA) is 86.8 Å². The average Bonchev–Trinajstić information content (AvgIpc) is 2.90. The van der Waals surface area contributed by atoms with Crippen LogP contribution in [0.4, 0.5) is 10.1 Å². The van der Waals surface area contributed by atoms with Crippen molar-refractivity contribution in [1.29, 1.82) is 0 Å². The monoisotopic (exact) mass is 607 g/mol. The number of hydrogen-bond acceptors (Lipinski definition) is 4. The molecule has 7 nitrogen and oxygen atoms in total. The summed E-state index contributed by atoms with van der Waals surface area (Å²) in [4.78, 5) is 28.1. The van der Waals surface area contributed by atoms with Crippen LogP contribution in [0, 0.1) is 18.7 Å². The van der Waals surface area contributed by atoms with E-state index in [4.69, 9.17) is 23.2 Å². The van der Waals surface area contributed by atoms with E-state index in [1.165, 1.54) is 4.90 Å². The second-order valence-electron chi connectivity index (χ2n) is 9.84. The molecule has 0 heterocycles. The zero-order valence-corrected chi connectivity index (χ0v) is 25.0. The number of nitrogens with zero attached hydrogens (tertiary/aromatic N) is 2. The number of hydrogen-bond donors (Lipinski definition) is 1. The molecule has 1 N–H and O–H groups in total. The predicted molar refractivity (Wildman–Crippen MR) is 156 cm³/mol. The Morgan fingerprint density at radius 1 is 0.925 bits per heavy atom. The van der Waals surface area contributed by atoms with Gasteiger partial charge in [0.15, 0.2) is 0 Å². The Morgan fingerprint density at radius 3 is 2.05 bits per heavy atom. The molecule has 0 spiro atoms. The lowest BCUT2D eigenvalue weighted by molar-refractivity contribution is -0.139. The fraction of sp³-hybridized carbons (Fsp3) is 0.310. The first-order valence-corrected chi connectivity index (χ1v) is 14.9. The number of aryl methyl sites for hydroxylation is 1. The van der Waals surface area contributed by atoms with Crippen LogP contribution in [0.2, 0.25) is 10.0 Å². The molecule has 0 aliphatic rings. The van der Waals surface area contributed by atoms with Gasteiger partial charge in [-0.1, -0.05) is 60.8 Å². The standard InChI is InChI=1S/C29H32Cl2FN3O4S/c1-19(2)16-33-29(37)21(4)34(17-25-26(30)6-5-7-27(25)31)28(36)18-35(23-12-8-20(3)9-13-23)40(38,39)24-14-10-22(32)11-15-24/h5-15,19,21H,16-18H2,1-4H3,(H,33,37)/t21-/m1/s1. The molecule has 0 radical (unpaired) electrons. The van der Waals surface area contributed by atoms with Gasteiger partial charge in [-0.2, -0.15) is 0 Å². The van der Waals surface area contributed by atoms with Crippen molar-refractivity contribution in [3.05, 3.63) is 93.7 Å². The fourth-order valence-electron chi connectivity index (χ4n) is 3.86. The zero-order chi connectivity index (χ0) is 29.6. The van der Waals surface area contributed by atoms with Crippen LogP contribution in [0.1, 0.15) is 31.9 Å². The molecule has 40 heavy (non-hydrogen) atoms. The maximum atomic E-state index is 13.9. The Labute approximate surface area is 244 Å².